The van der Waals surface area contributed by atoms with Crippen molar-refractivity contribution in [1.29, 1.82) is 0 Å². The van der Waals surface area contributed by atoms with Gasteiger partial charge in [-0.1, -0.05) is 62.4 Å². The predicted octanol–water partition coefficient (Wildman–Crippen LogP) is 4.00. The molecule has 0 aromatic heterocycles. The van der Waals surface area contributed by atoms with Crippen LogP contribution in [0.5, 0.6) is 0 Å². The highest BCUT2D eigenvalue weighted by Crippen LogP contribution is 2.29. The zero-order valence-electron chi connectivity index (χ0n) is 15.2. The van der Waals surface area contributed by atoms with Crippen LogP contribution < -0.4 is 5.73 Å². The summed E-state index contributed by atoms with van der Waals surface area (Å²) in [5.41, 5.74) is 10.3. The fraction of sp³-hybridized carbons (Fsp3) is 0.409. The van der Waals surface area contributed by atoms with Gasteiger partial charge in [-0.15, -0.1) is 0 Å². The summed E-state index contributed by atoms with van der Waals surface area (Å²) in [5.74, 6) is 0.752. The number of nitrogens with zero attached hydrogens (tertiary/aromatic N) is 1. The fourth-order valence-corrected chi connectivity index (χ4v) is 3.08. The molecule has 0 heterocycles. The van der Waals surface area contributed by atoms with Gasteiger partial charge in [0.05, 0.1) is 6.42 Å². The molecule has 25 heavy (non-hydrogen) atoms. The van der Waals surface area contributed by atoms with Gasteiger partial charge in [0.1, 0.15) is 0 Å². The lowest BCUT2D eigenvalue weighted by Gasteiger charge is -2.23. The van der Waals surface area contributed by atoms with Gasteiger partial charge in [0.25, 0.3) is 0 Å². The summed E-state index contributed by atoms with van der Waals surface area (Å²) in [4.78, 5) is 14.9. The van der Waals surface area contributed by atoms with Gasteiger partial charge in [0.15, 0.2) is 0 Å². The maximum absolute atomic E-state index is 12.8. The van der Waals surface area contributed by atoms with Crippen molar-refractivity contribution < 1.29 is 4.79 Å². The van der Waals surface area contributed by atoms with Crippen LogP contribution in [0.25, 0.3) is 0 Å². The molecule has 1 fully saturated rings. The van der Waals surface area contributed by atoms with Crippen LogP contribution in [0.2, 0.25) is 0 Å². The highest BCUT2D eigenvalue weighted by molar-refractivity contribution is 5.79. The van der Waals surface area contributed by atoms with Crippen LogP contribution in [0.1, 0.15) is 54.9 Å². The van der Waals surface area contributed by atoms with Gasteiger partial charge in [0, 0.05) is 19.1 Å². The normalized spacial score (nSPS) is 13.9. The van der Waals surface area contributed by atoms with E-state index in [2.05, 4.69) is 43.0 Å². The van der Waals surface area contributed by atoms with E-state index in [4.69, 9.17) is 5.73 Å². The Labute approximate surface area is 150 Å². The zero-order valence-corrected chi connectivity index (χ0v) is 15.2. The van der Waals surface area contributed by atoms with E-state index in [1.54, 1.807) is 0 Å². The van der Waals surface area contributed by atoms with Gasteiger partial charge in [0.2, 0.25) is 5.91 Å². The van der Waals surface area contributed by atoms with Gasteiger partial charge in [-0.3, -0.25) is 4.79 Å². The number of nitrogens with two attached hydrogens (primary N) is 1. The molecule has 0 atom stereocenters. The van der Waals surface area contributed by atoms with E-state index >= 15 is 0 Å². The summed E-state index contributed by atoms with van der Waals surface area (Å²) in [6.07, 6.45) is 2.72. The van der Waals surface area contributed by atoms with E-state index in [0.29, 0.717) is 31.5 Å². The topological polar surface area (TPSA) is 46.3 Å². The third-order valence-corrected chi connectivity index (χ3v) is 4.92. The molecule has 1 amide bonds. The first-order valence-electron chi connectivity index (χ1n) is 9.23. The second-order valence-electron chi connectivity index (χ2n) is 7.35. The average Bonchev–Trinajstić information content (AvgIpc) is 3.45. The number of benzene rings is 2. The van der Waals surface area contributed by atoms with Crippen LogP contribution in [0.3, 0.4) is 0 Å². The Morgan fingerprint density at radius 1 is 1.00 bits per heavy atom. The number of carbonyl (C=O) groups is 1. The number of hydrogen-bond donors (Lipinski definition) is 1. The highest BCUT2D eigenvalue weighted by Gasteiger charge is 2.32. The highest BCUT2D eigenvalue weighted by atomic mass is 16.2. The van der Waals surface area contributed by atoms with E-state index in [1.165, 1.54) is 11.1 Å². The van der Waals surface area contributed by atoms with Gasteiger partial charge in [-0.25, -0.2) is 0 Å². The Balaban J connectivity index is 1.66. The van der Waals surface area contributed by atoms with E-state index in [1.807, 2.05) is 24.3 Å². The quantitative estimate of drug-likeness (QED) is 0.830. The van der Waals surface area contributed by atoms with Crippen molar-refractivity contribution in [2.24, 2.45) is 5.73 Å². The lowest BCUT2D eigenvalue weighted by Crippen LogP contribution is -2.33. The van der Waals surface area contributed by atoms with Gasteiger partial charge < -0.3 is 10.6 Å². The van der Waals surface area contributed by atoms with Crippen molar-refractivity contribution >= 4 is 5.91 Å². The summed E-state index contributed by atoms with van der Waals surface area (Å²) >= 11 is 0. The SMILES string of the molecule is CC(C)c1ccc(CN(C(=O)Cc2ccc(CN)cc2)C2CC2)cc1. The standard InChI is InChI=1S/C22H28N2O/c1-16(2)20-9-7-19(8-10-20)15-24(21-11-12-21)22(25)13-17-3-5-18(14-23)6-4-17/h3-10,16,21H,11-15,23H2,1-2H3. The maximum Gasteiger partial charge on any atom is 0.227 e. The van der Waals surface area contributed by atoms with Crippen molar-refractivity contribution in [1.82, 2.24) is 4.90 Å². The molecular formula is C22H28N2O. The van der Waals surface area contributed by atoms with Crippen molar-refractivity contribution in [2.75, 3.05) is 0 Å². The van der Waals surface area contributed by atoms with E-state index < -0.39 is 0 Å². The Bertz CT molecular complexity index is 700. The van der Waals surface area contributed by atoms with E-state index in [9.17, 15) is 4.79 Å². The van der Waals surface area contributed by atoms with E-state index in [-0.39, 0.29) is 5.91 Å². The third kappa shape index (κ3) is 4.70. The molecule has 0 bridgehead atoms. The summed E-state index contributed by atoms with van der Waals surface area (Å²) in [7, 11) is 0. The molecule has 0 spiro atoms. The zero-order chi connectivity index (χ0) is 17.8. The van der Waals surface area contributed by atoms with Crippen LogP contribution in [0.4, 0.5) is 0 Å². The molecule has 3 rings (SSSR count). The van der Waals surface area contributed by atoms with Crippen LogP contribution in [0.15, 0.2) is 48.5 Å². The minimum absolute atomic E-state index is 0.218. The number of hydrogen-bond acceptors (Lipinski definition) is 2. The molecule has 1 saturated carbocycles. The predicted molar refractivity (Wildman–Crippen MR) is 102 cm³/mol. The summed E-state index contributed by atoms with van der Waals surface area (Å²) < 4.78 is 0. The third-order valence-electron chi connectivity index (χ3n) is 4.92. The van der Waals surface area contributed by atoms with Crippen molar-refractivity contribution in [3.8, 4) is 0 Å². The molecule has 0 saturated heterocycles. The molecule has 1 aliphatic carbocycles. The fourth-order valence-electron chi connectivity index (χ4n) is 3.08. The number of carbonyl (C=O) groups excluding carboxylic acids is 1. The molecule has 3 nitrogen and oxygen atoms in total. The molecule has 2 aromatic carbocycles. The summed E-state index contributed by atoms with van der Waals surface area (Å²) in [6.45, 7) is 5.65. The van der Waals surface area contributed by atoms with Crippen LogP contribution in [0, 0.1) is 0 Å². The largest absolute Gasteiger partial charge is 0.335 e. The smallest absolute Gasteiger partial charge is 0.227 e. The van der Waals surface area contributed by atoms with Crippen molar-refractivity contribution in [3.63, 3.8) is 0 Å². The molecular weight excluding hydrogens is 308 g/mol. The van der Waals surface area contributed by atoms with Crippen molar-refractivity contribution in [3.05, 3.63) is 70.8 Å². The summed E-state index contributed by atoms with van der Waals surface area (Å²) in [5, 5.41) is 0. The van der Waals surface area contributed by atoms with Crippen LogP contribution in [-0.2, 0) is 24.3 Å². The average molecular weight is 336 g/mol. The Hall–Kier alpha value is -2.13. The Kier molecular flexibility index (Phi) is 5.54. The van der Waals surface area contributed by atoms with Crippen LogP contribution >= 0.6 is 0 Å². The molecule has 2 aromatic rings. The molecule has 0 aliphatic heterocycles. The number of rotatable bonds is 7. The van der Waals surface area contributed by atoms with Gasteiger partial charge >= 0.3 is 0 Å². The second-order valence-corrected chi connectivity index (χ2v) is 7.35. The second kappa shape index (κ2) is 7.83. The minimum Gasteiger partial charge on any atom is -0.335 e. The molecule has 1 aliphatic rings. The lowest BCUT2D eigenvalue weighted by atomic mass is 10.0. The maximum atomic E-state index is 12.8. The first-order valence-corrected chi connectivity index (χ1v) is 9.23. The monoisotopic (exact) mass is 336 g/mol. The first-order chi connectivity index (χ1) is 12.1. The molecule has 132 valence electrons. The first kappa shape index (κ1) is 17.7. The van der Waals surface area contributed by atoms with E-state index in [0.717, 1.165) is 24.0 Å². The molecule has 0 radical (unpaired) electrons. The minimum atomic E-state index is 0.218. The van der Waals surface area contributed by atoms with Gasteiger partial charge in [-0.05, 0) is 41.0 Å². The number of amides is 1. The lowest BCUT2D eigenvalue weighted by molar-refractivity contribution is -0.131. The van der Waals surface area contributed by atoms with Gasteiger partial charge in [-0.2, -0.15) is 0 Å². The molecule has 0 unspecified atom stereocenters. The van der Waals surface area contributed by atoms with Crippen molar-refractivity contribution in [2.45, 2.75) is 58.2 Å². The molecule has 2 N–H and O–H groups in total. The Morgan fingerprint density at radius 2 is 1.56 bits per heavy atom. The molecule has 3 heteroatoms. The Morgan fingerprint density at radius 3 is 2.08 bits per heavy atom. The van der Waals surface area contributed by atoms with Crippen LogP contribution in [-0.4, -0.2) is 16.8 Å². The summed E-state index contributed by atoms with van der Waals surface area (Å²) in [6, 6.07) is 17.2.